The van der Waals surface area contributed by atoms with E-state index in [1.807, 2.05) is 19.1 Å². The number of methoxy groups -OCH3 is 1. The number of unbranched alkanes of at least 4 members (excludes halogenated alkanes) is 5. The van der Waals surface area contributed by atoms with Gasteiger partial charge in [-0.05, 0) is 57.4 Å². The van der Waals surface area contributed by atoms with E-state index in [0.29, 0.717) is 24.2 Å². The van der Waals surface area contributed by atoms with Crippen molar-refractivity contribution in [2.75, 3.05) is 13.7 Å². The van der Waals surface area contributed by atoms with Crippen LogP contribution in [0.2, 0.25) is 0 Å². The van der Waals surface area contributed by atoms with Gasteiger partial charge in [0.05, 0.1) is 30.9 Å². The van der Waals surface area contributed by atoms with Crippen molar-refractivity contribution in [3.05, 3.63) is 42.0 Å². The van der Waals surface area contributed by atoms with Gasteiger partial charge >= 0.3 is 17.9 Å². The highest BCUT2D eigenvalue weighted by Crippen LogP contribution is 2.17. The third kappa shape index (κ3) is 19.6. The Morgan fingerprint density at radius 1 is 0.783 bits per heavy atom. The summed E-state index contributed by atoms with van der Waals surface area (Å²) in [6.07, 6.45) is 9.31. The molecule has 1 aromatic rings. The lowest BCUT2D eigenvalue weighted by atomic mass is 10.1. The topological polar surface area (TPSA) is 138 Å². The second-order valence-corrected chi connectivity index (χ2v) is 11.5. The summed E-state index contributed by atoms with van der Waals surface area (Å²) in [5.74, 6) is -1.21. The van der Waals surface area contributed by atoms with Gasteiger partial charge in [0.25, 0.3) is 0 Å². The van der Waals surface area contributed by atoms with Crippen molar-refractivity contribution < 1.29 is 42.9 Å². The third-order valence-electron chi connectivity index (χ3n) is 7.11. The van der Waals surface area contributed by atoms with Gasteiger partial charge in [-0.15, -0.1) is 0 Å². The minimum absolute atomic E-state index is 0.0673. The molecule has 10 heteroatoms. The Morgan fingerprint density at radius 2 is 1.41 bits per heavy atom. The van der Waals surface area contributed by atoms with Crippen LogP contribution in [0.4, 0.5) is 0 Å². The number of ketones is 1. The molecule has 0 fully saturated rings. The fourth-order valence-corrected chi connectivity index (χ4v) is 4.60. The standard InChI is InChI=1S/C36H53NO9/c1-6-8-10-11-12-13-14-16-31(21-27(3)38)45-36(41)23-32(15-9-7-2)46-34(39)22-28(4)44-35(40)24-33(42-5)26-43-30-19-17-29(25-37)18-20-30/h13-14,17-20,28,31-33H,6-12,15-16,21-24,26H2,1-5H3. The van der Waals surface area contributed by atoms with E-state index in [1.54, 1.807) is 31.2 Å². The van der Waals surface area contributed by atoms with Crippen LogP contribution >= 0.6 is 0 Å². The molecule has 0 saturated heterocycles. The first-order chi connectivity index (χ1) is 22.1. The lowest BCUT2D eigenvalue weighted by Crippen LogP contribution is -2.29. The Hall–Kier alpha value is -3.71. The average Bonchev–Trinajstić information content (AvgIpc) is 3.01. The summed E-state index contributed by atoms with van der Waals surface area (Å²) in [5.41, 5.74) is 0.508. The fourth-order valence-electron chi connectivity index (χ4n) is 4.60. The normalized spacial score (nSPS) is 13.7. The van der Waals surface area contributed by atoms with Crippen molar-refractivity contribution in [3.8, 4) is 11.8 Å². The number of carbonyl (C=O) groups is 4. The molecule has 0 heterocycles. The smallest absolute Gasteiger partial charge is 0.309 e. The summed E-state index contributed by atoms with van der Waals surface area (Å²) in [6, 6.07) is 8.60. The molecule has 0 N–H and O–H groups in total. The van der Waals surface area contributed by atoms with Gasteiger partial charge in [-0.1, -0.05) is 58.1 Å². The van der Waals surface area contributed by atoms with Crippen LogP contribution < -0.4 is 4.74 Å². The Morgan fingerprint density at radius 3 is 2.04 bits per heavy atom. The van der Waals surface area contributed by atoms with Crippen LogP contribution in [-0.4, -0.2) is 61.8 Å². The first kappa shape index (κ1) is 40.3. The fraction of sp³-hybridized carbons (Fsp3) is 0.639. The number of nitriles is 1. The van der Waals surface area contributed by atoms with Gasteiger partial charge in [0.1, 0.15) is 42.6 Å². The van der Waals surface area contributed by atoms with Gasteiger partial charge in [-0.25, -0.2) is 0 Å². The third-order valence-corrected chi connectivity index (χ3v) is 7.11. The minimum Gasteiger partial charge on any atom is -0.491 e. The molecule has 0 saturated carbocycles. The van der Waals surface area contributed by atoms with Crippen molar-refractivity contribution in [2.24, 2.45) is 0 Å². The molecule has 256 valence electrons. The number of Topliss-reactive ketones (excluding diaryl/α,β-unsaturated/α-hetero) is 1. The Balaban J connectivity index is 2.57. The van der Waals surface area contributed by atoms with Crippen molar-refractivity contribution >= 4 is 23.7 Å². The molecule has 0 aliphatic rings. The van der Waals surface area contributed by atoms with E-state index in [9.17, 15) is 19.2 Å². The SMILES string of the molecule is CCCCCCC=CCC(CC(C)=O)OC(=O)CC(CCCC)OC(=O)CC(C)OC(=O)CC(COc1ccc(C#N)cc1)OC. The molecule has 1 rings (SSSR count). The van der Waals surface area contributed by atoms with Gasteiger partial charge < -0.3 is 23.7 Å². The molecule has 0 aliphatic heterocycles. The van der Waals surface area contributed by atoms with E-state index < -0.39 is 42.3 Å². The molecule has 4 atom stereocenters. The summed E-state index contributed by atoms with van der Waals surface area (Å²) in [5, 5.41) is 8.91. The zero-order valence-electron chi connectivity index (χ0n) is 28.3. The van der Waals surface area contributed by atoms with Crippen molar-refractivity contribution in [1.82, 2.24) is 0 Å². The first-order valence-electron chi connectivity index (χ1n) is 16.5. The van der Waals surface area contributed by atoms with Crippen molar-refractivity contribution in [3.63, 3.8) is 0 Å². The number of rotatable bonds is 25. The molecule has 46 heavy (non-hydrogen) atoms. The van der Waals surface area contributed by atoms with Crippen molar-refractivity contribution in [1.29, 1.82) is 5.26 Å². The number of hydrogen-bond acceptors (Lipinski definition) is 10. The predicted octanol–water partition coefficient (Wildman–Crippen LogP) is 6.96. The van der Waals surface area contributed by atoms with Crippen LogP contribution in [0.5, 0.6) is 5.75 Å². The summed E-state index contributed by atoms with van der Waals surface area (Å²) in [6.45, 7) is 7.31. The number of hydrogen-bond donors (Lipinski definition) is 0. The number of ether oxygens (including phenoxy) is 5. The number of nitrogens with zero attached hydrogens (tertiary/aromatic N) is 1. The summed E-state index contributed by atoms with van der Waals surface area (Å²) in [4.78, 5) is 49.8. The molecule has 0 bridgehead atoms. The zero-order chi connectivity index (χ0) is 34.2. The Bertz CT molecular complexity index is 1110. The largest absolute Gasteiger partial charge is 0.491 e. The Labute approximate surface area is 274 Å². The van der Waals surface area contributed by atoms with Crippen LogP contribution in [0.3, 0.4) is 0 Å². The van der Waals surface area contributed by atoms with Crippen LogP contribution in [0, 0.1) is 11.3 Å². The van der Waals surface area contributed by atoms with Crippen LogP contribution in [0.25, 0.3) is 0 Å². The Kier molecular flexibility index (Phi) is 21.5. The van der Waals surface area contributed by atoms with Gasteiger partial charge in [0.15, 0.2) is 0 Å². The second-order valence-electron chi connectivity index (χ2n) is 11.5. The maximum absolute atomic E-state index is 12.8. The number of carbonyl (C=O) groups excluding carboxylic acids is 4. The molecule has 0 radical (unpaired) electrons. The molecule has 0 aromatic heterocycles. The lowest BCUT2D eigenvalue weighted by molar-refractivity contribution is -0.161. The molecule has 0 aliphatic carbocycles. The van der Waals surface area contributed by atoms with Crippen LogP contribution in [0.1, 0.15) is 117 Å². The summed E-state index contributed by atoms with van der Waals surface area (Å²) >= 11 is 0. The lowest BCUT2D eigenvalue weighted by Gasteiger charge is -2.21. The number of benzene rings is 1. The molecular weight excluding hydrogens is 590 g/mol. The molecule has 0 amide bonds. The van der Waals surface area contributed by atoms with E-state index >= 15 is 0 Å². The maximum Gasteiger partial charge on any atom is 0.309 e. The monoisotopic (exact) mass is 643 g/mol. The molecule has 10 nitrogen and oxygen atoms in total. The quantitative estimate of drug-likeness (QED) is 0.0475. The van der Waals surface area contributed by atoms with Crippen molar-refractivity contribution in [2.45, 2.75) is 136 Å². The first-order valence-corrected chi connectivity index (χ1v) is 16.5. The highest BCUT2D eigenvalue weighted by molar-refractivity contribution is 5.77. The van der Waals surface area contributed by atoms with E-state index in [2.05, 4.69) is 13.0 Å². The van der Waals surface area contributed by atoms with E-state index in [0.717, 1.165) is 25.7 Å². The van der Waals surface area contributed by atoms with E-state index in [4.69, 9.17) is 28.9 Å². The molecule has 0 spiro atoms. The zero-order valence-corrected chi connectivity index (χ0v) is 28.3. The van der Waals surface area contributed by atoms with Gasteiger partial charge in [0.2, 0.25) is 0 Å². The predicted molar refractivity (Wildman–Crippen MR) is 174 cm³/mol. The highest BCUT2D eigenvalue weighted by atomic mass is 16.6. The molecule has 1 aromatic carbocycles. The van der Waals surface area contributed by atoms with Gasteiger partial charge in [0, 0.05) is 20.0 Å². The van der Waals surface area contributed by atoms with E-state index in [1.165, 1.54) is 33.3 Å². The van der Waals surface area contributed by atoms with Crippen LogP contribution in [-0.2, 0) is 38.1 Å². The number of esters is 3. The molecule has 4 unspecified atom stereocenters. The second kappa shape index (κ2) is 24.5. The minimum atomic E-state index is -0.760. The maximum atomic E-state index is 12.8. The highest BCUT2D eigenvalue weighted by Gasteiger charge is 2.24. The summed E-state index contributed by atoms with van der Waals surface area (Å²) in [7, 11) is 1.46. The van der Waals surface area contributed by atoms with Crippen LogP contribution in [0.15, 0.2) is 36.4 Å². The summed E-state index contributed by atoms with van der Waals surface area (Å²) < 4.78 is 27.6. The number of allylic oxidation sites excluding steroid dienone is 1. The van der Waals surface area contributed by atoms with E-state index in [-0.39, 0.29) is 38.1 Å². The van der Waals surface area contributed by atoms with Gasteiger partial charge in [-0.2, -0.15) is 5.26 Å². The average molecular weight is 644 g/mol. The van der Waals surface area contributed by atoms with Gasteiger partial charge in [-0.3, -0.25) is 19.2 Å². The molecular formula is C36H53NO9.